The molecule has 2 rings (SSSR count). The highest BCUT2D eigenvalue weighted by atomic mass is 35.5. The second-order valence-corrected chi connectivity index (χ2v) is 7.58. The summed E-state index contributed by atoms with van der Waals surface area (Å²) in [5, 5.41) is 0.0913. The number of hydrogen-bond donors (Lipinski definition) is 2. The first kappa shape index (κ1) is 16.5. The van der Waals surface area contributed by atoms with E-state index in [1.807, 2.05) is 7.05 Å². The summed E-state index contributed by atoms with van der Waals surface area (Å²) in [5.74, 6) is -0.703. The number of benzene rings is 1. The zero-order valence-corrected chi connectivity index (χ0v) is 13.3. The quantitative estimate of drug-likeness (QED) is 0.821. The monoisotopic (exact) mass is 335 g/mol. The highest BCUT2D eigenvalue weighted by Gasteiger charge is 2.24. The van der Waals surface area contributed by atoms with Crippen LogP contribution in [-0.2, 0) is 10.0 Å². The van der Waals surface area contributed by atoms with Crippen LogP contribution in [0.3, 0.4) is 0 Å². The molecule has 1 heterocycles. The summed E-state index contributed by atoms with van der Waals surface area (Å²) in [6.45, 7) is 2.16. The van der Waals surface area contributed by atoms with E-state index in [2.05, 4.69) is 9.62 Å². The lowest BCUT2D eigenvalue weighted by Crippen LogP contribution is -2.37. The van der Waals surface area contributed by atoms with Crippen molar-refractivity contribution in [3.63, 3.8) is 0 Å². The van der Waals surface area contributed by atoms with Gasteiger partial charge in [-0.3, -0.25) is 0 Å². The van der Waals surface area contributed by atoms with Crippen molar-refractivity contribution in [2.24, 2.45) is 5.92 Å². The SMILES string of the molecule is CN1CCC(CNS(=O)(=O)c2cc(Cl)cc(N)c2F)CC1. The van der Waals surface area contributed by atoms with Gasteiger partial charge in [0.1, 0.15) is 4.90 Å². The molecule has 0 atom stereocenters. The number of rotatable bonds is 4. The average Bonchev–Trinajstić information content (AvgIpc) is 2.42. The predicted molar refractivity (Wildman–Crippen MR) is 81.2 cm³/mol. The molecule has 0 saturated carbocycles. The zero-order valence-electron chi connectivity index (χ0n) is 11.8. The smallest absolute Gasteiger partial charge is 0.243 e. The summed E-state index contributed by atoms with van der Waals surface area (Å²) in [6, 6.07) is 2.26. The molecule has 3 N–H and O–H groups in total. The van der Waals surface area contributed by atoms with Crippen LogP contribution in [0.5, 0.6) is 0 Å². The normalized spacial score (nSPS) is 18.0. The molecule has 21 heavy (non-hydrogen) atoms. The Morgan fingerprint density at radius 3 is 2.67 bits per heavy atom. The minimum Gasteiger partial charge on any atom is -0.396 e. The van der Waals surface area contributed by atoms with E-state index < -0.39 is 20.7 Å². The van der Waals surface area contributed by atoms with E-state index in [0.717, 1.165) is 32.0 Å². The molecule has 1 aliphatic heterocycles. The number of halogens is 2. The summed E-state index contributed by atoms with van der Waals surface area (Å²) in [5.41, 5.74) is 5.14. The summed E-state index contributed by atoms with van der Waals surface area (Å²) in [4.78, 5) is 1.70. The summed E-state index contributed by atoms with van der Waals surface area (Å²) in [7, 11) is -1.92. The second-order valence-electron chi connectivity index (χ2n) is 5.41. The van der Waals surface area contributed by atoms with Crippen molar-refractivity contribution in [3.8, 4) is 0 Å². The molecule has 0 aliphatic carbocycles. The van der Waals surface area contributed by atoms with Gasteiger partial charge in [-0.05, 0) is 51.0 Å². The van der Waals surface area contributed by atoms with Gasteiger partial charge in [-0.2, -0.15) is 0 Å². The molecule has 1 aromatic carbocycles. The number of nitrogens with two attached hydrogens (primary N) is 1. The fraction of sp³-hybridized carbons (Fsp3) is 0.538. The average molecular weight is 336 g/mol. The van der Waals surface area contributed by atoms with E-state index in [1.54, 1.807) is 0 Å². The first-order valence-electron chi connectivity index (χ1n) is 6.72. The van der Waals surface area contributed by atoms with Crippen molar-refractivity contribution in [2.45, 2.75) is 17.7 Å². The van der Waals surface area contributed by atoms with Crippen LogP contribution in [0.25, 0.3) is 0 Å². The van der Waals surface area contributed by atoms with Crippen LogP contribution in [-0.4, -0.2) is 40.0 Å². The molecule has 8 heteroatoms. The molecule has 1 fully saturated rings. The van der Waals surface area contributed by atoms with Crippen LogP contribution in [0.1, 0.15) is 12.8 Å². The number of nitrogen functional groups attached to an aromatic ring is 1. The van der Waals surface area contributed by atoms with Crippen molar-refractivity contribution in [1.29, 1.82) is 0 Å². The van der Waals surface area contributed by atoms with Crippen LogP contribution in [0, 0.1) is 11.7 Å². The van der Waals surface area contributed by atoms with Crippen molar-refractivity contribution in [2.75, 3.05) is 32.4 Å². The molecular formula is C13H19ClFN3O2S. The molecule has 5 nitrogen and oxygen atoms in total. The molecule has 0 unspecified atom stereocenters. The van der Waals surface area contributed by atoms with Gasteiger partial charge >= 0.3 is 0 Å². The van der Waals surface area contributed by atoms with Crippen LogP contribution >= 0.6 is 11.6 Å². The summed E-state index contributed by atoms with van der Waals surface area (Å²) in [6.07, 6.45) is 1.83. The maximum atomic E-state index is 13.9. The second kappa shape index (κ2) is 6.48. The van der Waals surface area contributed by atoms with Crippen LogP contribution in [0.2, 0.25) is 5.02 Å². The zero-order chi connectivity index (χ0) is 15.6. The van der Waals surface area contributed by atoms with E-state index in [-0.39, 0.29) is 16.6 Å². The predicted octanol–water partition coefficient (Wildman–Crippen LogP) is 1.68. The first-order chi connectivity index (χ1) is 9.79. The number of sulfonamides is 1. The molecule has 118 valence electrons. The maximum Gasteiger partial charge on any atom is 0.243 e. The summed E-state index contributed by atoms with van der Waals surface area (Å²) < 4.78 is 40.7. The Bertz CT molecular complexity index is 616. The van der Waals surface area contributed by atoms with E-state index in [4.69, 9.17) is 17.3 Å². The third-order valence-electron chi connectivity index (χ3n) is 3.72. The van der Waals surface area contributed by atoms with Crippen molar-refractivity contribution < 1.29 is 12.8 Å². The van der Waals surface area contributed by atoms with Crippen LogP contribution in [0.15, 0.2) is 17.0 Å². The Hall–Kier alpha value is -0.890. The number of anilines is 1. The molecule has 0 spiro atoms. The van der Waals surface area contributed by atoms with Gasteiger partial charge in [0, 0.05) is 11.6 Å². The van der Waals surface area contributed by atoms with Crippen molar-refractivity contribution >= 4 is 27.3 Å². The largest absolute Gasteiger partial charge is 0.396 e. The van der Waals surface area contributed by atoms with Gasteiger partial charge in [-0.25, -0.2) is 17.5 Å². The fourth-order valence-electron chi connectivity index (χ4n) is 2.35. The highest BCUT2D eigenvalue weighted by Crippen LogP contribution is 2.25. The van der Waals surface area contributed by atoms with E-state index in [0.29, 0.717) is 6.54 Å². The Morgan fingerprint density at radius 2 is 2.05 bits per heavy atom. The molecular weight excluding hydrogens is 317 g/mol. The maximum absolute atomic E-state index is 13.9. The number of likely N-dealkylation sites (tertiary alicyclic amines) is 1. The van der Waals surface area contributed by atoms with Crippen molar-refractivity contribution in [1.82, 2.24) is 9.62 Å². The van der Waals surface area contributed by atoms with Gasteiger partial charge < -0.3 is 10.6 Å². The van der Waals surface area contributed by atoms with E-state index >= 15 is 0 Å². The van der Waals surface area contributed by atoms with Gasteiger partial charge in [0.2, 0.25) is 10.0 Å². The Labute approximate surface area is 129 Å². The van der Waals surface area contributed by atoms with Gasteiger partial charge in [-0.1, -0.05) is 11.6 Å². The minimum absolute atomic E-state index is 0.0913. The molecule has 1 aromatic rings. The minimum atomic E-state index is -3.95. The molecule has 0 aromatic heterocycles. The third kappa shape index (κ3) is 4.06. The summed E-state index contributed by atoms with van der Waals surface area (Å²) >= 11 is 5.75. The Kier molecular flexibility index (Phi) is 5.08. The van der Waals surface area contributed by atoms with Crippen LogP contribution < -0.4 is 10.5 Å². The van der Waals surface area contributed by atoms with Gasteiger partial charge in [-0.15, -0.1) is 0 Å². The number of piperidine rings is 1. The molecule has 0 radical (unpaired) electrons. The topological polar surface area (TPSA) is 75.4 Å². The van der Waals surface area contributed by atoms with Crippen LogP contribution in [0.4, 0.5) is 10.1 Å². The lowest BCUT2D eigenvalue weighted by Gasteiger charge is -2.28. The Balaban J connectivity index is 2.09. The van der Waals surface area contributed by atoms with Gasteiger partial charge in [0.05, 0.1) is 5.69 Å². The first-order valence-corrected chi connectivity index (χ1v) is 8.58. The molecule has 0 bridgehead atoms. The lowest BCUT2D eigenvalue weighted by molar-refractivity contribution is 0.220. The number of nitrogens with one attached hydrogen (secondary N) is 1. The third-order valence-corrected chi connectivity index (χ3v) is 5.36. The highest BCUT2D eigenvalue weighted by molar-refractivity contribution is 7.89. The van der Waals surface area contributed by atoms with Gasteiger partial charge in [0.25, 0.3) is 0 Å². The van der Waals surface area contributed by atoms with E-state index in [1.165, 1.54) is 6.07 Å². The fourth-order valence-corrected chi connectivity index (χ4v) is 3.89. The standard InChI is InChI=1S/C13H19ClFN3O2S/c1-18-4-2-9(3-5-18)8-17-21(19,20)12-7-10(14)6-11(16)13(12)15/h6-7,9,17H,2-5,8,16H2,1H3. The Morgan fingerprint density at radius 1 is 1.43 bits per heavy atom. The van der Waals surface area contributed by atoms with E-state index in [9.17, 15) is 12.8 Å². The number of hydrogen-bond acceptors (Lipinski definition) is 4. The van der Waals surface area contributed by atoms with Gasteiger partial charge in [0.15, 0.2) is 5.82 Å². The molecule has 1 saturated heterocycles. The number of nitrogens with zero attached hydrogens (tertiary/aromatic N) is 1. The van der Waals surface area contributed by atoms with Crippen molar-refractivity contribution in [3.05, 3.63) is 23.0 Å². The molecule has 0 amide bonds. The lowest BCUT2D eigenvalue weighted by atomic mass is 9.98. The molecule has 1 aliphatic rings.